The van der Waals surface area contributed by atoms with E-state index in [2.05, 4.69) is 5.32 Å². The molecule has 0 aliphatic heterocycles. The second-order valence-corrected chi connectivity index (χ2v) is 11.9. The molecule has 0 heterocycles. The third-order valence-electron chi connectivity index (χ3n) is 5.64. The Bertz CT molecular complexity index is 1160. The van der Waals surface area contributed by atoms with Crippen LogP contribution in [0, 0.1) is 5.82 Å². The molecule has 0 saturated carbocycles. The lowest BCUT2D eigenvalue weighted by Gasteiger charge is -2.33. The number of nitrogens with zero attached hydrogens (tertiary/aromatic N) is 2. The van der Waals surface area contributed by atoms with Crippen molar-refractivity contribution in [1.82, 2.24) is 10.2 Å². The lowest BCUT2D eigenvalue weighted by Crippen LogP contribution is -2.53. The number of nitrogens with one attached hydrogen (secondary N) is 1. The first-order valence-electron chi connectivity index (χ1n) is 12.2. The minimum atomic E-state index is -3.62. The van der Waals surface area contributed by atoms with Crippen LogP contribution in [0.3, 0.4) is 0 Å². The first-order chi connectivity index (χ1) is 17.2. The van der Waals surface area contributed by atoms with E-state index in [1.807, 2.05) is 27.7 Å². The van der Waals surface area contributed by atoms with Gasteiger partial charge in [0.1, 0.15) is 17.6 Å². The molecule has 0 saturated heterocycles. The van der Waals surface area contributed by atoms with E-state index in [9.17, 15) is 22.4 Å². The highest BCUT2D eigenvalue weighted by atomic mass is 32.2. The van der Waals surface area contributed by atoms with Gasteiger partial charge >= 0.3 is 0 Å². The molecule has 0 radical (unpaired) electrons. The SMILES string of the molecule is CC[C@@H](C(=O)NC(C)(C)C)N(Cc1ccc(F)cc1)C(=O)CCCN(c1cccc(OC)c1)S(C)(=O)=O. The van der Waals surface area contributed by atoms with Gasteiger partial charge in [0, 0.05) is 31.1 Å². The average Bonchev–Trinajstić information content (AvgIpc) is 2.81. The van der Waals surface area contributed by atoms with Gasteiger partial charge in [-0.1, -0.05) is 25.1 Å². The minimum absolute atomic E-state index is 0.0243. The van der Waals surface area contributed by atoms with Crippen molar-refractivity contribution in [2.75, 3.05) is 24.2 Å². The average molecular weight is 536 g/mol. The summed E-state index contributed by atoms with van der Waals surface area (Å²) >= 11 is 0. The Morgan fingerprint density at radius 3 is 2.30 bits per heavy atom. The van der Waals surface area contributed by atoms with Crippen molar-refractivity contribution in [3.8, 4) is 5.75 Å². The Balaban J connectivity index is 2.24. The van der Waals surface area contributed by atoms with E-state index in [4.69, 9.17) is 4.74 Å². The minimum Gasteiger partial charge on any atom is -0.497 e. The molecule has 0 spiro atoms. The zero-order valence-electron chi connectivity index (χ0n) is 22.5. The fraction of sp³-hybridized carbons (Fsp3) is 0.481. The second-order valence-electron chi connectivity index (χ2n) is 9.95. The Morgan fingerprint density at radius 2 is 1.76 bits per heavy atom. The van der Waals surface area contributed by atoms with Crippen LogP contribution in [0.25, 0.3) is 0 Å². The molecular weight excluding hydrogens is 497 g/mol. The van der Waals surface area contributed by atoms with Crippen LogP contribution < -0.4 is 14.4 Å². The Morgan fingerprint density at radius 1 is 1.11 bits per heavy atom. The summed E-state index contributed by atoms with van der Waals surface area (Å²) in [5, 5.41) is 2.93. The van der Waals surface area contributed by atoms with Crippen LogP contribution in [0.4, 0.5) is 10.1 Å². The smallest absolute Gasteiger partial charge is 0.243 e. The quantitative estimate of drug-likeness (QED) is 0.442. The number of amides is 2. The van der Waals surface area contributed by atoms with E-state index in [1.165, 1.54) is 28.4 Å². The highest BCUT2D eigenvalue weighted by Gasteiger charge is 2.30. The number of sulfonamides is 1. The van der Waals surface area contributed by atoms with Crippen molar-refractivity contribution < 1.29 is 27.1 Å². The standard InChI is InChI=1S/C27H38FN3O5S/c1-7-24(26(33)29-27(2,3)4)30(19-20-13-15-21(28)16-14-20)25(32)12-9-17-31(37(6,34)35)22-10-8-11-23(18-22)36-5/h8,10-11,13-16,18,24H,7,9,12,17,19H2,1-6H3,(H,29,33)/t24-/m0/s1. The number of halogens is 1. The Kier molecular flexibility index (Phi) is 10.5. The van der Waals surface area contributed by atoms with Gasteiger partial charge in [0.25, 0.3) is 0 Å². The summed E-state index contributed by atoms with van der Waals surface area (Å²) in [4.78, 5) is 28.0. The van der Waals surface area contributed by atoms with Crippen molar-refractivity contribution in [2.45, 2.75) is 65.1 Å². The molecule has 2 aromatic carbocycles. The maximum Gasteiger partial charge on any atom is 0.243 e. The number of benzene rings is 2. The monoisotopic (exact) mass is 535 g/mol. The highest BCUT2D eigenvalue weighted by Crippen LogP contribution is 2.24. The molecule has 204 valence electrons. The molecular formula is C27H38FN3O5S. The normalized spacial score (nSPS) is 12.5. The predicted octanol–water partition coefficient (Wildman–Crippen LogP) is 4.10. The van der Waals surface area contributed by atoms with Gasteiger partial charge in [-0.15, -0.1) is 0 Å². The van der Waals surface area contributed by atoms with Crippen molar-refractivity contribution in [3.05, 3.63) is 59.9 Å². The Labute approximate surface area is 219 Å². The molecule has 1 atom stereocenters. The third-order valence-corrected chi connectivity index (χ3v) is 6.84. The summed E-state index contributed by atoms with van der Waals surface area (Å²) in [6, 6.07) is 11.7. The summed E-state index contributed by atoms with van der Waals surface area (Å²) in [5.41, 5.74) is 0.640. The van der Waals surface area contributed by atoms with E-state index in [-0.39, 0.29) is 37.7 Å². The van der Waals surface area contributed by atoms with Gasteiger partial charge in [-0.3, -0.25) is 13.9 Å². The van der Waals surface area contributed by atoms with Crippen LogP contribution in [0.1, 0.15) is 52.5 Å². The number of carbonyl (C=O) groups excluding carboxylic acids is 2. The predicted molar refractivity (Wildman–Crippen MR) is 143 cm³/mol. The van der Waals surface area contributed by atoms with E-state index in [1.54, 1.807) is 36.4 Å². The van der Waals surface area contributed by atoms with Crippen molar-refractivity contribution in [3.63, 3.8) is 0 Å². The number of methoxy groups -OCH3 is 1. The zero-order valence-corrected chi connectivity index (χ0v) is 23.3. The van der Waals surface area contributed by atoms with Crippen molar-refractivity contribution in [2.24, 2.45) is 0 Å². The molecule has 0 aliphatic carbocycles. The van der Waals surface area contributed by atoms with E-state index >= 15 is 0 Å². The molecule has 2 rings (SSSR count). The van der Waals surface area contributed by atoms with Crippen LogP contribution in [-0.2, 0) is 26.2 Å². The first kappa shape index (κ1) is 30.1. The van der Waals surface area contributed by atoms with Crippen LogP contribution in [0.15, 0.2) is 48.5 Å². The van der Waals surface area contributed by atoms with Gasteiger partial charge in [-0.05, 0) is 63.4 Å². The Hall–Kier alpha value is -3.14. The maximum absolute atomic E-state index is 13.4. The van der Waals surface area contributed by atoms with Gasteiger partial charge in [0.05, 0.1) is 19.1 Å². The second kappa shape index (κ2) is 12.9. The summed E-state index contributed by atoms with van der Waals surface area (Å²) in [6.45, 7) is 7.62. The lowest BCUT2D eigenvalue weighted by molar-refractivity contribution is -0.142. The summed E-state index contributed by atoms with van der Waals surface area (Å²) < 4.78 is 44.9. The zero-order chi connectivity index (χ0) is 27.8. The number of hydrogen-bond acceptors (Lipinski definition) is 5. The van der Waals surface area contributed by atoms with E-state index in [0.29, 0.717) is 23.4 Å². The fourth-order valence-corrected chi connectivity index (χ4v) is 4.89. The fourth-order valence-electron chi connectivity index (χ4n) is 3.93. The molecule has 2 amide bonds. The van der Waals surface area contributed by atoms with Crippen LogP contribution in [0.5, 0.6) is 5.75 Å². The first-order valence-corrected chi connectivity index (χ1v) is 14.1. The van der Waals surface area contributed by atoms with Crippen molar-refractivity contribution in [1.29, 1.82) is 0 Å². The number of rotatable bonds is 12. The number of hydrogen-bond donors (Lipinski definition) is 1. The molecule has 0 bridgehead atoms. The topological polar surface area (TPSA) is 96.0 Å². The molecule has 2 aromatic rings. The summed E-state index contributed by atoms with van der Waals surface area (Å²) in [5.74, 6) is -0.445. The van der Waals surface area contributed by atoms with Gasteiger partial charge < -0.3 is 15.0 Å². The molecule has 0 aromatic heterocycles. The number of anilines is 1. The van der Waals surface area contributed by atoms with Crippen LogP contribution in [0.2, 0.25) is 0 Å². The van der Waals surface area contributed by atoms with E-state index < -0.39 is 27.4 Å². The maximum atomic E-state index is 13.4. The van der Waals surface area contributed by atoms with Crippen molar-refractivity contribution >= 4 is 27.5 Å². The van der Waals surface area contributed by atoms with Gasteiger partial charge in [0.15, 0.2) is 0 Å². The molecule has 37 heavy (non-hydrogen) atoms. The molecule has 0 fully saturated rings. The lowest BCUT2D eigenvalue weighted by atomic mass is 10.0. The summed E-state index contributed by atoms with van der Waals surface area (Å²) in [6.07, 6.45) is 1.75. The number of carbonyl (C=O) groups is 2. The van der Waals surface area contributed by atoms with E-state index in [0.717, 1.165) is 6.26 Å². The molecule has 1 N–H and O–H groups in total. The van der Waals surface area contributed by atoms with Gasteiger partial charge in [-0.25, -0.2) is 12.8 Å². The number of ether oxygens (including phenoxy) is 1. The molecule has 8 nitrogen and oxygen atoms in total. The van der Waals surface area contributed by atoms with Gasteiger partial charge in [0.2, 0.25) is 21.8 Å². The highest BCUT2D eigenvalue weighted by molar-refractivity contribution is 7.92. The summed E-state index contributed by atoms with van der Waals surface area (Å²) in [7, 11) is -2.12. The van der Waals surface area contributed by atoms with Crippen LogP contribution in [-0.4, -0.2) is 56.6 Å². The molecule has 10 heteroatoms. The van der Waals surface area contributed by atoms with Crippen LogP contribution >= 0.6 is 0 Å². The largest absolute Gasteiger partial charge is 0.497 e. The third kappa shape index (κ3) is 9.35. The molecule has 0 unspecified atom stereocenters. The molecule has 0 aliphatic rings. The van der Waals surface area contributed by atoms with Gasteiger partial charge in [-0.2, -0.15) is 0 Å².